The van der Waals surface area contributed by atoms with Crippen LogP contribution in [-0.4, -0.2) is 64.6 Å². The number of piperidine rings is 2. The molecule has 0 radical (unpaired) electrons. The van der Waals surface area contributed by atoms with Gasteiger partial charge in [0.15, 0.2) is 0 Å². The van der Waals surface area contributed by atoms with E-state index in [1.165, 1.54) is 21.8 Å². The van der Waals surface area contributed by atoms with Crippen LogP contribution < -0.4 is 10.1 Å². The van der Waals surface area contributed by atoms with E-state index in [0.29, 0.717) is 31.6 Å². The first kappa shape index (κ1) is 27.6. The van der Waals surface area contributed by atoms with Crippen LogP contribution in [0.25, 0.3) is 0 Å². The molecule has 2 aromatic carbocycles. The molecule has 2 aromatic rings. The lowest BCUT2D eigenvalue weighted by molar-refractivity contribution is -0.120. The highest BCUT2D eigenvalue weighted by Gasteiger charge is 2.32. The van der Waals surface area contributed by atoms with Crippen LogP contribution in [0.1, 0.15) is 43.2 Å². The van der Waals surface area contributed by atoms with Gasteiger partial charge in [-0.2, -0.15) is 4.31 Å². The average Bonchev–Trinajstić information content (AvgIpc) is 2.89. The van der Waals surface area contributed by atoms with Gasteiger partial charge in [0.25, 0.3) is 0 Å². The molecule has 2 aliphatic heterocycles. The number of amides is 1. The monoisotopic (exact) mass is 549 g/mol. The lowest BCUT2D eigenvalue weighted by Crippen LogP contribution is -2.41. The molecule has 0 saturated carbocycles. The fourth-order valence-electron chi connectivity index (χ4n) is 4.94. The molecule has 0 aliphatic carbocycles. The minimum atomic E-state index is -3.76. The van der Waals surface area contributed by atoms with Crippen molar-refractivity contribution < 1.29 is 26.4 Å². The van der Waals surface area contributed by atoms with Gasteiger partial charge in [-0.1, -0.05) is 36.2 Å². The second kappa shape index (κ2) is 11.5. The Labute approximate surface area is 219 Å². The first-order valence-electron chi connectivity index (χ1n) is 12.6. The van der Waals surface area contributed by atoms with Crippen molar-refractivity contribution in [2.75, 3.05) is 38.6 Å². The summed E-state index contributed by atoms with van der Waals surface area (Å²) in [5, 5.41) is 2.83. The van der Waals surface area contributed by atoms with E-state index in [4.69, 9.17) is 4.74 Å². The second-order valence-electron chi connectivity index (χ2n) is 9.74. The van der Waals surface area contributed by atoms with Crippen LogP contribution in [-0.2, 0) is 30.6 Å². The van der Waals surface area contributed by atoms with Gasteiger partial charge in [0.05, 0.1) is 12.9 Å². The highest BCUT2D eigenvalue weighted by Crippen LogP contribution is 2.32. The van der Waals surface area contributed by atoms with Gasteiger partial charge in [0.2, 0.25) is 26.0 Å². The molecule has 9 nitrogen and oxygen atoms in total. The number of sulfonamides is 2. The van der Waals surface area contributed by atoms with Gasteiger partial charge < -0.3 is 10.1 Å². The molecule has 2 fully saturated rings. The number of methoxy groups -OCH3 is 1. The molecule has 0 bridgehead atoms. The van der Waals surface area contributed by atoms with Crippen LogP contribution in [0, 0.1) is 12.8 Å². The minimum Gasteiger partial charge on any atom is -0.495 e. The smallest absolute Gasteiger partial charge is 0.246 e. The summed E-state index contributed by atoms with van der Waals surface area (Å²) < 4.78 is 60.6. The highest BCUT2D eigenvalue weighted by molar-refractivity contribution is 7.89. The predicted octanol–water partition coefficient (Wildman–Crippen LogP) is 3.36. The fraction of sp³-hybridized carbons (Fsp3) is 0.500. The molecular weight excluding hydrogens is 514 g/mol. The first-order chi connectivity index (χ1) is 17.6. The lowest BCUT2D eigenvalue weighted by Gasteiger charge is -2.30. The molecule has 2 heterocycles. The molecule has 11 heteroatoms. The van der Waals surface area contributed by atoms with Crippen LogP contribution in [0.3, 0.4) is 0 Å². The number of nitrogens with one attached hydrogen (secondary N) is 1. The van der Waals surface area contributed by atoms with Crippen molar-refractivity contribution in [3.8, 4) is 5.75 Å². The zero-order valence-corrected chi connectivity index (χ0v) is 23.0. The molecule has 4 rings (SSSR count). The Hall–Kier alpha value is -2.47. The van der Waals surface area contributed by atoms with Gasteiger partial charge in [-0.3, -0.25) is 4.79 Å². The third kappa shape index (κ3) is 6.51. The van der Waals surface area contributed by atoms with Gasteiger partial charge in [-0.25, -0.2) is 21.1 Å². The maximum Gasteiger partial charge on any atom is 0.246 e. The summed E-state index contributed by atoms with van der Waals surface area (Å²) in [6, 6.07) is 12.1. The number of rotatable bonds is 8. The summed E-state index contributed by atoms with van der Waals surface area (Å²) in [4.78, 5) is 13.0. The Morgan fingerprint density at radius 3 is 2.30 bits per heavy atom. The van der Waals surface area contributed by atoms with E-state index in [-0.39, 0.29) is 41.3 Å². The zero-order valence-electron chi connectivity index (χ0n) is 21.4. The van der Waals surface area contributed by atoms with E-state index in [0.717, 1.165) is 30.4 Å². The maximum atomic E-state index is 13.3. The second-order valence-corrected chi connectivity index (χ2v) is 13.6. The van der Waals surface area contributed by atoms with Gasteiger partial charge in [-0.15, -0.1) is 0 Å². The number of nitrogens with zero attached hydrogens (tertiary/aromatic N) is 2. The summed E-state index contributed by atoms with van der Waals surface area (Å²) >= 11 is 0. The number of carbonyl (C=O) groups is 1. The molecule has 202 valence electrons. The summed E-state index contributed by atoms with van der Waals surface area (Å²) in [7, 11) is -5.82. The van der Waals surface area contributed by atoms with E-state index in [1.54, 1.807) is 18.2 Å². The lowest BCUT2D eigenvalue weighted by atomic mass is 9.97. The van der Waals surface area contributed by atoms with Gasteiger partial charge in [-0.05, 0) is 56.4 Å². The Bertz CT molecular complexity index is 1330. The minimum absolute atomic E-state index is 0.0340. The molecular formula is C26H35N3O6S2. The van der Waals surface area contributed by atoms with Gasteiger partial charge in [0.1, 0.15) is 10.6 Å². The molecule has 1 amide bonds. The Morgan fingerprint density at radius 1 is 0.946 bits per heavy atom. The maximum absolute atomic E-state index is 13.3. The van der Waals surface area contributed by atoms with Crippen molar-refractivity contribution in [3.05, 3.63) is 53.6 Å². The van der Waals surface area contributed by atoms with Crippen molar-refractivity contribution >= 4 is 31.6 Å². The van der Waals surface area contributed by atoms with Crippen molar-refractivity contribution in [2.45, 2.75) is 49.7 Å². The number of aryl methyl sites for hydroxylation is 1. The average molecular weight is 550 g/mol. The molecule has 0 spiro atoms. The van der Waals surface area contributed by atoms with E-state index in [9.17, 15) is 21.6 Å². The zero-order chi connectivity index (χ0) is 26.6. The molecule has 37 heavy (non-hydrogen) atoms. The van der Waals surface area contributed by atoms with Crippen molar-refractivity contribution in [1.29, 1.82) is 0 Å². The predicted molar refractivity (Wildman–Crippen MR) is 142 cm³/mol. The SMILES string of the molecule is COc1ccc(NC(=O)C2CCN(S(=O)(=O)Cc3cccc(C)c3)CC2)cc1S(=O)(=O)N1CCCCC1. The number of anilines is 1. The molecule has 0 aromatic heterocycles. The van der Waals surface area contributed by atoms with Crippen LogP contribution in [0.5, 0.6) is 5.75 Å². The van der Waals surface area contributed by atoms with E-state index in [1.807, 2.05) is 25.1 Å². The topological polar surface area (TPSA) is 113 Å². The summed E-state index contributed by atoms with van der Waals surface area (Å²) in [5.74, 6) is -0.446. The summed E-state index contributed by atoms with van der Waals surface area (Å²) in [6.07, 6.45) is 3.43. The Kier molecular flexibility index (Phi) is 8.57. The van der Waals surface area contributed by atoms with E-state index >= 15 is 0 Å². The third-order valence-electron chi connectivity index (χ3n) is 7.01. The Morgan fingerprint density at radius 2 is 1.65 bits per heavy atom. The van der Waals surface area contributed by atoms with Crippen LogP contribution in [0.4, 0.5) is 5.69 Å². The van der Waals surface area contributed by atoms with Crippen LogP contribution in [0.15, 0.2) is 47.4 Å². The van der Waals surface area contributed by atoms with Crippen molar-refractivity contribution in [3.63, 3.8) is 0 Å². The summed E-state index contributed by atoms with van der Waals surface area (Å²) in [6.45, 7) is 3.39. The number of benzene rings is 2. The molecule has 0 unspecified atom stereocenters. The molecule has 2 saturated heterocycles. The van der Waals surface area contributed by atoms with E-state index < -0.39 is 20.0 Å². The largest absolute Gasteiger partial charge is 0.495 e. The fourth-order valence-corrected chi connectivity index (χ4v) is 8.19. The normalized spacial score (nSPS) is 18.4. The van der Waals surface area contributed by atoms with E-state index in [2.05, 4.69) is 5.32 Å². The number of hydrogen-bond acceptors (Lipinski definition) is 6. The Balaban J connectivity index is 1.40. The number of carbonyl (C=O) groups excluding carboxylic acids is 1. The van der Waals surface area contributed by atoms with Gasteiger partial charge >= 0.3 is 0 Å². The van der Waals surface area contributed by atoms with Gasteiger partial charge in [0, 0.05) is 37.8 Å². The van der Waals surface area contributed by atoms with Crippen molar-refractivity contribution in [1.82, 2.24) is 8.61 Å². The standard InChI is InChI=1S/C26H35N3O6S2/c1-20-7-6-8-21(17-20)19-36(31,32)28-15-11-22(12-16-28)26(30)27-23-9-10-24(35-2)25(18-23)37(33,34)29-13-4-3-5-14-29/h6-10,17-18,22H,3-5,11-16,19H2,1-2H3,(H,27,30). The molecule has 2 aliphatic rings. The first-order valence-corrected chi connectivity index (χ1v) is 15.7. The highest BCUT2D eigenvalue weighted by atomic mass is 32.2. The molecule has 1 N–H and O–H groups in total. The molecule has 0 atom stereocenters. The summed E-state index contributed by atoms with van der Waals surface area (Å²) in [5.41, 5.74) is 2.12. The quantitative estimate of drug-likeness (QED) is 0.540. The van der Waals surface area contributed by atoms with Crippen LogP contribution in [0.2, 0.25) is 0 Å². The third-order valence-corrected chi connectivity index (χ3v) is 10.8. The van der Waals surface area contributed by atoms with Crippen LogP contribution >= 0.6 is 0 Å². The van der Waals surface area contributed by atoms with Crippen molar-refractivity contribution in [2.24, 2.45) is 5.92 Å². The number of hydrogen-bond donors (Lipinski definition) is 1. The number of ether oxygens (including phenoxy) is 1.